The Labute approximate surface area is 225 Å². The first-order valence-corrected chi connectivity index (χ1v) is 13.7. The summed E-state index contributed by atoms with van der Waals surface area (Å²) in [6.45, 7) is 2.50. The number of methoxy groups -OCH3 is 1. The molecule has 4 rings (SSSR count). The van der Waals surface area contributed by atoms with Crippen LogP contribution in [0.3, 0.4) is 0 Å². The van der Waals surface area contributed by atoms with Crippen LogP contribution in [-0.4, -0.2) is 27.8 Å². The molecule has 2 unspecified atom stereocenters. The van der Waals surface area contributed by atoms with Gasteiger partial charge in [-0.2, -0.15) is 9.82 Å². The van der Waals surface area contributed by atoms with Gasteiger partial charge in [-0.05, 0) is 60.5 Å². The van der Waals surface area contributed by atoms with E-state index in [-0.39, 0.29) is 21.7 Å². The van der Waals surface area contributed by atoms with E-state index in [1.807, 2.05) is 31.2 Å². The number of halogens is 3. The maximum atomic E-state index is 13.5. The second kappa shape index (κ2) is 11.3. The van der Waals surface area contributed by atoms with E-state index < -0.39 is 16.1 Å². The minimum absolute atomic E-state index is 0.0952. The molecule has 190 valence electrons. The van der Waals surface area contributed by atoms with Crippen LogP contribution < -0.4 is 19.6 Å². The highest BCUT2D eigenvalue weighted by Gasteiger charge is 2.33. The standard InChI is InChI=1S/C25H24Cl3N3O4S/c1-3-35-18-8-4-15(5-9-18)21-14-22(30-29-21)25(19-10-6-16(26)12-20(19)28)31-36(32,33)24-13-17(27)7-11-23(24)34-2/h4-13,21,25,29,31H,3,14H2,1-2H3. The molecule has 0 fully saturated rings. The highest BCUT2D eigenvalue weighted by molar-refractivity contribution is 7.89. The Morgan fingerprint density at radius 2 is 1.75 bits per heavy atom. The van der Waals surface area contributed by atoms with Crippen molar-refractivity contribution in [1.29, 1.82) is 0 Å². The monoisotopic (exact) mass is 567 g/mol. The third-order valence-electron chi connectivity index (χ3n) is 5.67. The van der Waals surface area contributed by atoms with Crippen molar-refractivity contribution in [3.05, 3.63) is 86.9 Å². The van der Waals surface area contributed by atoms with E-state index >= 15 is 0 Å². The molecule has 0 aromatic heterocycles. The van der Waals surface area contributed by atoms with Crippen molar-refractivity contribution in [3.63, 3.8) is 0 Å². The molecule has 36 heavy (non-hydrogen) atoms. The van der Waals surface area contributed by atoms with E-state index in [2.05, 4.69) is 15.2 Å². The van der Waals surface area contributed by atoms with Crippen molar-refractivity contribution in [2.75, 3.05) is 13.7 Å². The van der Waals surface area contributed by atoms with Gasteiger partial charge >= 0.3 is 0 Å². The molecule has 0 aliphatic carbocycles. The Balaban J connectivity index is 1.67. The van der Waals surface area contributed by atoms with E-state index in [9.17, 15) is 8.42 Å². The highest BCUT2D eigenvalue weighted by atomic mass is 35.5. The predicted molar refractivity (Wildman–Crippen MR) is 143 cm³/mol. The summed E-state index contributed by atoms with van der Waals surface area (Å²) in [6.07, 6.45) is 0.437. The number of sulfonamides is 1. The van der Waals surface area contributed by atoms with Gasteiger partial charge in [-0.1, -0.05) is 53.0 Å². The molecule has 2 N–H and O–H groups in total. The number of rotatable bonds is 9. The predicted octanol–water partition coefficient (Wildman–Crippen LogP) is 6.16. The van der Waals surface area contributed by atoms with Gasteiger partial charge in [0.2, 0.25) is 10.0 Å². The first kappa shape index (κ1) is 26.6. The average Bonchev–Trinajstić information content (AvgIpc) is 3.34. The van der Waals surface area contributed by atoms with E-state index in [1.165, 1.54) is 19.2 Å². The zero-order valence-corrected chi connectivity index (χ0v) is 22.5. The maximum Gasteiger partial charge on any atom is 0.245 e. The van der Waals surface area contributed by atoms with Crippen LogP contribution in [-0.2, 0) is 10.0 Å². The number of hydrazone groups is 1. The second-order valence-electron chi connectivity index (χ2n) is 8.01. The number of hydrogen-bond acceptors (Lipinski definition) is 6. The van der Waals surface area contributed by atoms with Crippen molar-refractivity contribution >= 4 is 50.5 Å². The summed E-state index contributed by atoms with van der Waals surface area (Å²) >= 11 is 18.7. The Kier molecular flexibility index (Phi) is 8.32. The quantitative estimate of drug-likeness (QED) is 0.323. The van der Waals surface area contributed by atoms with Crippen molar-refractivity contribution in [2.24, 2.45) is 5.10 Å². The first-order chi connectivity index (χ1) is 17.2. The summed E-state index contributed by atoms with van der Waals surface area (Å²) < 4.78 is 40.6. The van der Waals surface area contributed by atoms with Gasteiger partial charge in [0.05, 0.1) is 31.5 Å². The summed E-state index contributed by atoms with van der Waals surface area (Å²) in [6, 6.07) is 15.9. The molecule has 7 nitrogen and oxygen atoms in total. The third-order valence-corrected chi connectivity index (χ3v) is 7.91. The topological polar surface area (TPSA) is 89.0 Å². The SMILES string of the molecule is CCOc1ccc(C2CC(C(NS(=O)(=O)c3cc(Cl)ccc3OC)c3ccc(Cl)cc3Cl)=NN2)cc1. The molecule has 3 aromatic rings. The zero-order chi connectivity index (χ0) is 25.9. The molecule has 0 saturated heterocycles. The molecule has 3 aromatic carbocycles. The summed E-state index contributed by atoms with van der Waals surface area (Å²) in [7, 11) is -2.72. The normalized spacial score (nSPS) is 16.2. The maximum absolute atomic E-state index is 13.5. The van der Waals surface area contributed by atoms with Crippen molar-refractivity contribution in [1.82, 2.24) is 10.1 Å². The Morgan fingerprint density at radius 1 is 1.06 bits per heavy atom. The third kappa shape index (κ3) is 5.90. The van der Waals surface area contributed by atoms with E-state index in [0.29, 0.717) is 34.3 Å². The van der Waals surface area contributed by atoms with Crippen LogP contribution in [0.5, 0.6) is 11.5 Å². The molecule has 1 heterocycles. The van der Waals surface area contributed by atoms with Crippen LogP contribution in [0, 0.1) is 0 Å². The molecule has 11 heteroatoms. The fourth-order valence-corrected chi connectivity index (χ4v) is 6.08. The molecule has 1 aliphatic heterocycles. The smallest absolute Gasteiger partial charge is 0.245 e. The minimum atomic E-state index is -4.11. The van der Waals surface area contributed by atoms with E-state index in [4.69, 9.17) is 44.3 Å². The van der Waals surface area contributed by atoms with Gasteiger partial charge in [-0.3, -0.25) is 0 Å². The molecular formula is C25H24Cl3N3O4S. The fraction of sp³-hybridized carbons (Fsp3) is 0.240. The minimum Gasteiger partial charge on any atom is -0.495 e. The lowest BCUT2D eigenvalue weighted by Gasteiger charge is -2.21. The van der Waals surface area contributed by atoms with Crippen LogP contribution in [0.15, 0.2) is 70.7 Å². The number of nitrogens with one attached hydrogen (secondary N) is 2. The van der Waals surface area contributed by atoms with Gasteiger partial charge in [-0.15, -0.1) is 0 Å². The van der Waals surface area contributed by atoms with Crippen molar-refractivity contribution in [2.45, 2.75) is 30.3 Å². The lowest BCUT2D eigenvalue weighted by atomic mass is 9.96. The van der Waals surface area contributed by atoms with Crippen LogP contribution in [0.2, 0.25) is 15.1 Å². The number of hydrogen-bond donors (Lipinski definition) is 2. The molecular weight excluding hydrogens is 545 g/mol. The van der Waals surface area contributed by atoms with E-state index in [1.54, 1.807) is 24.3 Å². The number of ether oxygens (including phenoxy) is 2. The highest BCUT2D eigenvalue weighted by Crippen LogP contribution is 2.35. The first-order valence-electron chi connectivity index (χ1n) is 11.1. The average molecular weight is 569 g/mol. The van der Waals surface area contributed by atoms with Gasteiger partial charge in [0, 0.05) is 21.5 Å². The largest absolute Gasteiger partial charge is 0.495 e. The summed E-state index contributed by atoms with van der Waals surface area (Å²) in [5, 5.41) is 5.48. The zero-order valence-electron chi connectivity index (χ0n) is 19.5. The van der Waals surface area contributed by atoms with E-state index in [0.717, 1.165) is 11.3 Å². The van der Waals surface area contributed by atoms with Gasteiger partial charge in [0.25, 0.3) is 0 Å². The van der Waals surface area contributed by atoms with Gasteiger partial charge in [-0.25, -0.2) is 8.42 Å². The fourth-order valence-electron chi connectivity index (χ4n) is 3.92. The Hall–Kier alpha value is -2.49. The number of benzene rings is 3. The van der Waals surface area contributed by atoms with Crippen LogP contribution in [0.1, 0.15) is 36.6 Å². The molecule has 0 amide bonds. The summed E-state index contributed by atoms with van der Waals surface area (Å²) in [5.74, 6) is 0.932. The molecule has 0 radical (unpaired) electrons. The molecule has 0 bridgehead atoms. The Bertz CT molecular complexity index is 1380. The molecule has 0 saturated carbocycles. The number of nitrogens with zero attached hydrogens (tertiary/aromatic N) is 1. The van der Waals surface area contributed by atoms with Crippen LogP contribution in [0.25, 0.3) is 0 Å². The summed E-state index contributed by atoms with van der Waals surface area (Å²) in [4.78, 5) is -0.0952. The van der Waals surface area contributed by atoms with Gasteiger partial charge in [0.15, 0.2) is 0 Å². The van der Waals surface area contributed by atoms with Crippen molar-refractivity contribution in [3.8, 4) is 11.5 Å². The van der Waals surface area contributed by atoms with Gasteiger partial charge in [0.1, 0.15) is 16.4 Å². The lowest BCUT2D eigenvalue weighted by Crippen LogP contribution is -2.34. The van der Waals surface area contributed by atoms with Crippen molar-refractivity contribution < 1.29 is 17.9 Å². The second-order valence-corrected chi connectivity index (χ2v) is 11.0. The molecule has 2 atom stereocenters. The molecule has 0 spiro atoms. The van der Waals surface area contributed by atoms with Crippen LogP contribution in [0.4, 0.5) is 0 Å². The van der Waals surface area contributed by atoms with Crippen LogP contribution >= 0.6 is 34.8 Å². The van der Waals surface area contributed by atoms with Gasteiger partial charge < -0.3 is 14.9 Å². The Morgan fingerprint density at radius 3 is 2.42 bits per heavy atom. The molecule has 1 aliphatic rings. The lowest BCUT2D eigenvalue weighted by molar-refractivity contribution is 0.340. The summed E-state index contributed by atoms with van der Waals surface area (Å²) in [5.41, 5.74) is 5.16.